The standard InChI is InChI=1S/C15H19N3O4.C8H6N2O2/c1-15(2,3)21-14(19)17-7-8-20-13-9-12(22-18-13)11-5-4-6-16-10-11;11-8-4-7(12-10-8)6-2-1-3-9-5-6/h4-6,9-10H,7-8H2,1-3H3,(H,17,19);1-5H,(H,10,11). The van der Waals surface area contributed by atoms with Gasteiger partial charge < -0.3 is 23.8 Å². The molecule has 0 spiro atoms. The maximum Gasteiger partial charge on any atom is 0.407 e. The van der Waals surface area contributed by atoms with Crippen molar-refractivity contribution < 1.29 is 23.3 Å². The molecule has 178 valence electrons. The van der Waals surface area contributed by atoms with Crippen molar-refractivity contribution in [1.29, 1.82) is 0 Å². The quantitative estimate of drug-likeness (QED) is 0.406. The van der Waals surface area contributed by atoms with Gasteiger partial charge in [0.15, 0.2) is 11.5 Å². The molecule has 11 nitrogen and oxygen atoms in total. The summed E-state index contributed by atoms with van der Waals surface area (Å²) in [5, 5.41) is 8.60. The van der Waals surface area contributed by atoms with E-state index in [-0.39, 0.29) is 12.2 Å². The molecule has 0 saturated heterocycles. The van der Waals surface area contributed by atoms with Crippen LogP contribution in [0.3, 0.4) is 0 Å². The second kappa shape index (κ2) is 11.5. The highest BCUT2D eigenvalue weighted by molar-refractivity contribution is 5.67. The van der Waals surface area contributed by atoms with Gasteiger partial charge in [0.1, 0.15) is 12.2 Å². The maximum atomic E-state index is 11.4. The first-order valence-corrected chi connectivity index (χ1v) is 10.4. The van der Waals surface area contributed by atoms with Crippen molar-refractivity contribution in [1.82, 2.24) is 25.6 Å². The third-order valence-corrected chi connectivity index (χ3v) is 3.92. The predicted octanol–water partition coefficient (Wildman–Crippen LogP) is 3.67. The van der Waals surface area contributed by atoms with E-state index in [9.17, 15) is 9.59 Å². The summed E-state index contributed by atoms with van der Waals surface area (Å²) in [6.07, 6.45) is 6.17. The van der Waals surface area contributed by atoms with Crippen LogP contribution in [-0.4, -0.2) is 45.1 Å². The number of H-pyrrole nitrogens is 1. The second-order valence-electron chi connectivity index (χ2n) is 7.87. The number of pyridine rings is 2. The number of alkyl carbamates (subject to hydrolysis) is 1. The van der Waals surface area contributed by atoms with Gasteiger partial charge in [0.05, 0.1) is 12.6 Å². The first-order chi connectivity index (χ1) is 16.3. The van der Waals surface area contributed by atoms with Crippen molar-refractivity contribution >= 4 is 6.09 Å². The summed E-state index contributed by atoms with van der Waals surface area (Å²) in [7, 11) is 0. The molecule has 0 radical (unpaired) electrons. The monoisotopic (exact) mass is 467 g/mol. The average Bonchev–Trinajstić information content (AvgIpc) is 3.47. The molecule has 0 atom stereocenters. The van der Waals surface area contributed by atoms with Crippen LogP contribution in [0.2, 0.25) is 0 Å². The van der Waals surface area contributed by atoms with Gasteiger partial charge in [0.2, 0.25) is 0 Å². The van der Waals surface area contributed by atoms with Gasteiger partial charge in [-0.25, -0.2) is 4.79 Å². The molecule has 0 aliphatic heterocycles. The number of nitrogens with one attached hydrogen (secondary N) is 2. The van der Waals surface area contributed by atoms with E-state index in [0.717, 1.165) is 11.1 Å². The molecule has 0 bridgehead atoms. The van der Waals surface area contributed by atoms with E-state index in [1.54, 1.807) is 57.7 Å². The number of ether oxygens (including phenoxy) is 2. The minimum absolute atomic E-state index is 0.242. The van der Waals surface area contributed by atoms with E-state index in [4.69, 9.17) is 18.5 Å². The predicted molar refractivity (Wildman–Crippen MR) is 122 cm³/mol. The fraction of sp³-hybridized carbons (Fsp3) is 0.261. The first kappa shape index (κ1) is 24.2. The van der Waals surface area contributed by atoms with E-state index < -0.39 is 11.7 Å². The number of hydrogen-bond acceptors (Lipinski definition) is 9. The number of nitrogens with zero attached hydrogens (tertiary/aromatic N) is 3. The molecule has 11 heteroatoms. The molecule has 0 unspecified atom stereocenters. The zero-order valence-electron chi connectivity index (χ0n) is 19.0. The molecule has 4 aromatic rings. The molecule has 1 amide bonds. The SMILES string of the molecule is CC(C)(C)OC(=O)NCCOc1cc(-c2cccnc2)on1.O=c1cc(-c2cccnc2)o[nH]1. The van der Waals surface area contributed by atoms with Crippen LogP contribution in [0.15, 0.2) is 75.0 Å². The third-order valence-electron chi connectivity index (χ3n) is 3.92. The number of hydrogen-bond donors (Lipinski definition) is 2. The van der Waals surface area contributed by atoms with E-state index in [1.807, 2.05) is 18.2 Å². The van der Waals surface area contributed by atoms with Gasteiger partial charge in [-0.15, -0.1) is 0 Å². The highest BCUT2D eigenvalue weighted by atomic mass is 16.6. The Balaban J connectivity index is 0.000000226. The molecular formula is C23H25N5O6. The molecule has 0 fully saturated rings. The lowest BCUT2D eigenvalue weighted by atomic mass is 10.2. The van der Waals surface area contributed by atoms with Crippen molar-refractivity contribution in [2.75, 3.05) is 13.2 Å². The molecule has 0 aliphatic rings. The van der Waals surface area contributed by atoms with E-state index >= 15 is 0 Å². The van der Waals surface area contributed by atoms with Crippen LogP contribution < -0.4 is 15.6 Å². The molecule has 0 aromatic carbocycles. The van der Waals surface area contributed by atoms with Crippen LogP contribution in [0.5, 0.6) is 5.88 Å². The summed E-state index contributed by atoms with van der Waals surface area (Å²) in [5.41, 5.74) is 0.844. The molecular weight excluding hydrogens is 442 g/mol. The topological polar surface area (TPSA) is 145 Å². The van der Waals surface area contributed by atoms with Crippen LogP contribution in [0, 0.1) is 0 Å². The number of carbonyl (C=O) groups is 1. The average molecular weight is 467 g/mol. The van der Waals surface area contributed by atoms with Gasteiger partial charge >= 0.3 is 6.09 Å². The molecule has 34 heavy (non-hydrogen) atoms. The summed E-state index contributed by atoms with van der Waals surface area (Å²) in [6.45, 7) is 5.98. The van der Waals surface area contributed by atoms with E-state index in [0.29, 0.717) is 23.9 Å². The Morgan fingerprint density at radius 1 is 1.06 bits per heavy atom. The Hall–Kier alpha value is -4.41. The summed E-state index contributed by atoms with van der Waals surface area (Å²) < 4.78 is 20.5. The molecule has 0 aliphatic carbocycles. The lowest BCUT2D eigenvalue weighted by Crippen LogP contribution is -2.34. The van der Waals surface area contributed by atoms with Crippen molar-refractivity contribution in [3.63, 3.8) is 0 Å². The second-order valence-corrected chi connectivity index (χ2v) is 7.87. The third kappa shape index (κ3) is 7.93. The number of carbonyl (C=O) groups excluding carboxylic acids is 1. The van der Waals surface area contributed by atoms with Gasteiger partial charge in [0.25, 0.3) is 11.4 Å². The largest absolute Gasteiger partial charge is 0.474 e. The Morgan fingerprint density at radius 3 is 2.29 bits per heavy atom. The fourth-order valence-electron chi connectivity index (χ4n) is 2.53. The minimum atomic E-state index is -0.518. The minimum Gasteiger partial charge on any atom is -0.474 e. The van der Waals surface area contributed by atoms with Gasteiger partial charge in [-0.1, -0.05) is 0 Å². The summed E-state index contributed by atoms with van der Waals surface area (Å²) in [6, 6.07) is 10.3. The number of amides is 1. The Morgan fingerprint density at radius 2 is 1.74 bits per heavy atom. The highest BCUT2D eigenvalue weighted by Gasteiger charge is 2.15. The highest BCUT2D eigenvalue weighted by Crippen LogP contribution is 2.22. The van der Waals surface area contributed by atoms with E-state index in [2.05, 4.69) is 25.6 Å². The van der Waals surface area contributed by atoms with Crippen molar-refractivity contribution in [3.05, 3.63) is 71.5 Å². The van der Waals surface area contributed by atoms with Crippen LogP contribution in [0.4, 0.5) is 4.79 Å². The fourth-order valence-corrected chi connectivity index (χ4v) is 2.53. The maximum absolute atomic E-state index is 11.4. The van der Waals surface area contributed by atoms with Crippen molar-refractivity contribution in [3.8, 4) is 28.5 Å². The number of aromatic nitrogens is 4. The van der Waals surface area contributed by atoms with Gasteiger partial charge in [-0.05, 0) is 50.2 Å². The lowest BCUT2D eigenvalue weighted by Gasteiger charge is -2.19. The molecule has 4 rings (SSSR count). The van der Waals surface area contributed by atoms with E-state index in [1.165, 1.54) is 6.07 Å². The normalized spacial score (nSPS) is 10.7. The number of aromatic amines is 1. The Kier molecular flexibility index (Phi) is 8.16. The van der Waals surface area contributed by atoms with Crippen LogP contribution in [0.25, 0.3) is 22.6 Å². The molecule has 4 heterocycles. The van der Waals surface area contributed by atoms with Crippen LogP contribution >= 0.6 is 0 Å². The number of rotatable bonds is 6. The van der Waals surface area contributed by atoms with Gasteiger partial charge in [0, 0.05) is 42.0 Å². The molecule has 2 N–H and O–H groups in total. The van der Waals surface area contributed by atoms with Gasteiger partial charge in [-0.3, -0.25) is 14.8 Å². The summed E-state index contributed by atoms with van der Waals surface area (Å²) in [4.78, 5) is 30.0. The lowest BCUT2D eigenvalue weighted by molar-refractivity contribution is 0.0519. The Labute approximate surface area is 195 Å². The smallest absolute Gasteiger partial charge is 0.407 e. The van der Waals surface area contributed by atoms with Crippen molar-refractivity contribution in [2.24, 2.45) is 0 Å². The zero-order chi connectivity index (χ0) is 24.4. The van der Waals surface area contributed by atoms with Crippen molar-refractivity contribution in [2.45, 2.75) is 26.4 Å². The van der Waals surface area contributed by atoms with Gasteiger partial charge in [-0.2, -0.15) is 5.16 Å². The molecule has 4 aromatic heterocycles. The van der Waals surface area contributed by atoms with Crippen LogP contribution in [-0.2, 0) is 4.74 Å². The molecule has 0 saturated carbocycles. The first-order valence-electron chi connectivity index (χ1n) is 10.4. The Bertz CT molecular complexity index is 1210. The summed E-state index contributed by atoms with van der Waals surface area (Å²) in [5.74, 6) is 1.43. The zero-order valence-corrected chi connectivity index (χ0v) is 19.0. The van der Waals surface area contributed by atoms with Crippen LogP contribution in [0.1, 0.15) is 20.8 Å². The summed E-state index contributed by atoms with van der Waals surface area (Å²) >= 11 is 0.